The lowest BCUT2D eigenvalue weighted by molar-refractivity contribution is -0.121. The molecule has 3 heteroatoms. The minimum Gasteiger partial charge on any atom is -0.299 e. The second kappa shape index (κ2) is 5.60. The number of benzene rings is 1. The molecule has 20 heavy (non-hydrogen) atoms. The molecule has 1 aromatic carbocycles. The summed E-state index contributed by atoms with van der Waals surface area (Å²) in [5.74, 6) is 0.945. The summed E-state index contributed by atoms with van der Waals surface area (Å²) in [6.07, 6.45) is 5.16. The topological polar surface area (TPSA) is 44.1 Å². The summed E-state index contributed by atoms with van der Waals surface area (Å²) in [6.45, 7) is 1.81. The lowest BCUT2D eigenvalue weighted by Gasteiger charge is -2.24. The van der Waals surface area contributed by atoms with Crippen molar-refractivity contribution in [1.82, 2.24) is 4.90 Å². The van der Waals surface area contributed by atoms with Crippen LogP contribution in [0.25, 0.3) is 0 Å². The Balaban J connectivity index is 1.81. The molecule has 102 valence electrons. The van der Waals surface area contributed by atoms with Crippen LogP contribution < -0.4 is 0 Å². The molecule has 0 N–H and O–H groups in total. The second-order valence-electron chi connectivity index (χ2n) is 5.68. The molecule has 0 radical (unpaired) electrons. The molecule has 0 aromatic heterocycles. The average molecular weight is 266 g/mol. The van der Waals surface area contributed by atoms with Gasteiger partial charge in [0.1, 0.15) is 5.78 Å². The van der Waals surface area contributed by atoms with Crippen molar-refractivity contribution in [3.05, 3.63) is 48.0 Å². The first-order valence-corrected chi connectivity index (χ1v) is 7.16. The van der Waals surface area contributed by atoms with E-state index < -0.39 is 0 Å². The van der Waals surface area contributed by atoms with E-state index in [-0.39, 0.29) is 12.0 Å². The van der Waals surface area contributed by atoms with Crippen molar-refractivity contribution in [2.45, 2.75) is 25.4 Å². The van der Waals surface area contributed by atoms with Gasteiger partial charge in [-0.1, -0.05) is 36.4 Å². The monoisotopic (exact) mass is 266 g/mol. The number of likely N-dealkylation sites (tertiary alicyclic amines) is 1. The number of hydrogen-bond acceptors (Lipinski definition) is 3. The molecule has 1 saturated carbocycles. The summed E-state index contributed by atoms with van der Waals surface area (Å²) in [4.78, 5) is 14.4. The quantitative estimate of drug-likeness (QED) is 0.790. The normalized spacial score (nSPS) is 29.8. The first kappa shape index (κ1) is 13.1. The van der Waals surface area contributed by atoms with Crippen LogP contribution in [-0.4, -0.2) is 23.3 Å². The van der Waals surface area contributed by atoms with Crippen LogP contribution in [0.5, 0.6) is 0 Å². The van der Waals surface area contributed by atoms with Crippen molar-refractivity contribution < 1.29 is 4.79 Å². The van der Waals surface area contributed by atoms with E-state index in [9.17, 15) is 4.79 Å². The highest BCUT2D eigenvalue weighted by atomic mass is 16.1. The zero-order valence-corrected chi connectivity index (χ0v) is 11.4. The zero-order chi connectivity index (χ0) is 13.9. The molecular formula is C17H18N2O. The Bertz CT molecular complexity index is 558. The maximum Gasteiger partial charge on any atom is 0.138 e. The molecule has 3 rings (SSSR count). The van der Waals surface area contributed by atoms with Gasteiger partial charge in [0.05, 0.1) is 6.07 Å². The smallest absolute Gasteiger partial charge is 0.138 e. The Kier molecular flexibility index (Phi) is 3.66. The number of nitrogens with zero attached hydrogens (tertiary/aromatic N) is 2. The molecule has 0 unspecified atom stereocenters. The largest absolute Gasteiger partial charge is 0.299 e. The van der Waals surface area contributed by atoms with Crippen molar-refractivity contribution in [2.75, 3.05) is 6.54 Å². The van der Waals surface area contributed by atoms with E-state index in [2.05, 4.69) is 23.1 Å². The van der Waals surface area contributed by atoms with Crippen LogP contribution in [-0.2, 0) is 11.3 Å². The lowest BCUT2D eigenvalue weighted by atomic mass is 9.93. The summed E-state index contributed by atoms with van der Waals surface area (Å²) in [7, 11) is 0. The Labute approximate surface area is 119 Å². The average Bonchev–Trinajstić information content (AvgIpc) is 2.98. The van der Waals surface area contributed by atoms with Gasteiger partial charge < -0.3 is 0 Å². The standard InChI is InChI=1S/C17H18N2O/c18-10-4-7-15-17-14(8-9-16(17)20)12-19(15)11-13-5-2-1-3-6-13/h1-7,14-15,17H,8-9,11-12H2/b7-4-/t14-,15-,17-/m0/s1. The van der Waals surface area contributed by atoms with Crippen molar-refractivity contribution in [1.29, 1.82) is 5.26 Å². The molecule has 1 saturated heterocycles. The van der Waals surface area contributed by atoms with E-state index in [1.54, 1.807) is 0 Å². The predicted octanol–water partition coefficient (Wildman–Crippen LogP) is 2.55. The summed E-state index contributed by atoms with van der Waals surface area (Å²) in [5.41, 5.74) is 1.26. The molecule has 1 aliphatic heterocycles. The second-order valence-corrected chi connectivity index (χ2v) is 5.68. The molecule has 2 fully saturated rings. The van der Waals surface area contributed by atoms with Crippen LogP contribution >= 0.6 is 0 Å². The van der Waals surface area contributed by atoms with Crippen molar-refractivity contribution >= 4 is 5.78 Å². The molecule has 3 atom stereocenters. The van der Waals surface area contributed by atoms with Crippen molar-refractivity contribution in [3.63, 3.8) is 0 Å². The fourth-order valence-corrected chi connectivity index (χ4v) is 3.63. The van der Waals surface area contributed by atoms with Crippen molar-refractivity contribution in [3.8, 4) is 6.07 Å². The third kappa shape index (κ3) is 2.39. The Morgan fingerprint density at radius 1 is 1.35 bits per heavy atom. The van der Waals surface area contributed by atoms with E-state index >= 15 is 0 Å². The van der Waals surface area contributed by atoms with Crippen LogP contribution in [0.2, 0.25) is 0 Å². The van der Waals surface area contributed by atoms with E-state index in [1.807, 2.05) is 24.3 Å². The molecule has 0 amide bonds. The van der Waals surface area contributed by atoms with Crippen LogP contribution in [0.1, 0.15) is 18.4 Å². The van der Waals surface area contributed by atoms with Gasteiger partial charge in [-0.2, -0.15) is 5.26 Å². The highest BCUT2D eigenvalue weighted by Gasteiger charge is 2.47. The Morgan fingerprint density at radius 3 is 2.90 bits per heavy atom. The minimum atomic E-state index is 0.0925. The highest BCUT2D eigenvalue weighted by Crippen LogP contribution is 2.41. The number of Topliss-reactive ketones (excluding diaryl/α,β-unsaturated/α-hetero) is 1. The molecular weight excluding hydrogens is 248 g/mol. The first-order chi connectivity index (χ1) is 9.79. The van der Waals surface area contributed by atoms with Gasteiger partial charge in [-0.25, -0.2) is 0 Å². The maximum atomic E-state index is 12.1. The third-order valence-electron chi connectivity index (χ3n) is 4.50. The SMILES string of the molecule is N#C/C=C\[C@H]1[C@H]2C(=O)CC[C@H]2CN1Cc1ccccc1. The van der Waals surface area contributed by atoms with Crippen molar-refractivity contribution in [2.24, 2.45) is 11.8 Å². The summed E-state index contributed by atoms with van der Waals surface area (Å²) in [5, 5.41) is 8.77. The molecule has 0 spiro atoms. The summed E-state index contributed by atoms with van der Waals surface area (Å²) < 4.78 is 0. The number of carbonyl (C=O) groups excluding carboxylic acids is 1. The lowest BCUT2D eigenvalue weighted by Crippen LogP contribution is -2.33. The zero-order valence-electron chi connectivity index (χ0n) is 11.4. The first-order valence-electron chi connectivity index (χ1n) is 7.16. The van der Waals surface area contributed by atoms with Crippen LogP contribution in [0.3, 0.4) is 0 Å². The molecule has 1 heterocycles. The molecule has 1 aliphatic carbocycles. The van der Waals surface area contributed by atoms with E-state index in [1.165, 1.54) is 11.6 Å². The van der Waals surface area contributed by atoms with Gasteiger partial charge in [0.15, 0.2) is 0 Å². The Morgan fingerprint density at radius 2 is 2.15 bits per heavy atom. The van der Waals surface area contributed by atoms with Crippen LogP contribution in [0, 0.1) is 23.2 Å². The highest BCUT2D eigenvalue weighted by molar-refractivity contribution is 5.85. The van der Waals surface area contributed by atoms with Gasteiger partial charge in [-0.05, 0) is 17.9 Å². The number of allylic oxidation sites excluding steroid dienone is 1. The van der Waals surface area contributed by atoms with Crippen LogP contribution in [0.15, 0.2) is 42.5 Å². The van der Waals surface area contributed by atoms with Gasteiger partial charge >= 0.3 is 0 Å². The van der Waals surface area contributed by atoms with Crippen LogP contribution in [0.4, 0.5) is 0 Å². The number of nitriles is 1. The summed E-state index contributed by atoms with van der Waals surface area (Å²) >= 11 is 0. The molecule has 2 aliphatic rings. The van der Waals surface area contributed by atoms with E-state index in [0.29, 0.717) is 18.1 Å². The van der Waals surface area contributed by atoms with Gasteiger partial charge in [-0.15, -0.1) is 0 Å². The molecule has 3 nitrogen and oxygen atoms in total. The predicted molar refractivity (Wildman–Crippen MR) is 76.6 cm³/mol. The summed E-state index contributed by atoms with van der Waals surface area (Å²) in [6, 6.07) is 12.5. The fourth-order valence-electron chi connectivity index (χ4n) is 3.63. The van der Waals surface area contributed by atoms with E-state index in [0.717, 1.165) is 19.5 Å². The van der Waals surface area contributed by atoms with Gasteiger partial charge in [0.25, 0.3) is 0 Å². The number of hydrogen-bond donors (Lipinski definition) is 0. The van der Waals surface area contributed by atoms with E-state index in [4.69, 9.17) is 5.26 Å². The van der Waals surface area contributed by atoms with Gasteiger partial charge in [0, 0.05) is 37.5 Å². The Hall–Kier alpha value is -1.92. The molecule has 1 aromatic rings. The number of fused-ring (bicyclic) bond motifs is 1. The van der Waals surface area contributed by atoms with Gasteiger partial charge in [0.2, 0.25) is 0 Å². The maximum absolute atomic E-state index is 12.1. The fraction of sp³-hybridized carbons (Fsp3) is 0.412. The molecule has 0 bridgehead atoms. The third-order valence-corrected chi connectivity index (χ3v) is 4.50. The van der Waals surface area contributed by atoms with Gasteiger partial charge in [-0.3, -0.25) is 9.69 Å². The number of carbonyl (C=O) groups is 1. The number of ketones is 1. The minimum absolute atomic E-state index is 0.0925. The number of rotatable bonds is 3.